The van der Waals surface area contributed by atoms with Crippen molar-refractivity contribution in [3.63, 3.8) is 0 Å². The second-order valence-electron chi connectivity index (χ2n) is 6.30. The van der Waals surface area contributed by atoms with Crippen molar-refractivity contribution in [2.24, 2.45) is 5.92 Å². The zero-order valence-corrected chi connectivity index (χ0v) is 12.9. The molecule has 0 aromatic carbocycles. The van der Waals surface area contributed by atoms with Crippen molar-refractivity contribution in [1.29, 1.82) is 0 Å². The first-order chi connectivity index (χ1) is 9.98. The van der Waals surface area contributed by atoms with E-state index in [1.807, 2.05) is 4.89 Å². The van der Waals surface area contributed by atoms with Crippen molar-refractivity contribution in [2.45, 2.75) is 44.1 Å². The molecule has 3 rings (SSSR count). The fourth-order valence-corrected chi connectivity index (χ4v) is 4.26. The number of amides is 1. The highest BCUT2D eigenvalue weighted by Crippen LogP contribution is 2.35. The van der Waals surface area contributed by atoms with E-state index >= 15 is 0 Å². The van der Waals surface area contributed by atoms with Gasteiger partial charge in [0.2, 0.25) is 10.0 Å². The number of likely N-dealkylation sites (tertiary alicyclic amines) is 1. The van der Waals surface area contributed by atoms with Gasteiger partial charge < -0.3 is 14.5 Å². The van der Waals surface area contributed by atoms with Gasteiger partial charge in [0.25, 0.3) is 0 Å². The summed E-state index contributed by atoms with van der Waals surface area (Å²) in [5, 5.41) is 0. The second kappa shape index (κ2) is 5.73. The van der Waals surface area contributed by atoms with E-state index in [4.69, 9.17) is 9.57 Å². The van der Waals surface area contributed by atoms with E-state index in [2.05, 4.69) is 0 Å². The first kappa shape index (κ1) is 15.1. The lowest BCUT2D eigenvalue weighted by molar-refractivity contribution is -0.0430. The van der Waals surface area contributed by atoms with Crippen LogP contribution in [-0.4, -0.2) is 50.5 Å². The van der Waals surface area contributed by atoms with E-state index < -0.39 is 16.1 Å². The number of hydrogen-bond donors (Lipinski definition) is 1. The van der Waals surface area contributed by atoms with Gasteiger partial charge in [-0.25, -0.2) is 13.2 Å². The van der Waals surface area contributed by atoms with Crippen LogP contribution in [-0.2, 0) is 19.6 Å². The molecule has 1 spiro atoms. The molecule has 2 heterocycles. The molecule has 120 valence electrons. The van der Waals surface area contributed by atoms with Crippen LogP contribution >= 0.6 is 0 Å². The molecule has 0 aromatic heterocycles. The Morgan fingerprint density at radius 1 is 1.29 bits per heavy atom. The Morgan fingerprint density at radius 2 is 2.00 bits per heavy atom. The number of nitrogens with one attached hydrogen (secondary N) is 1. The lowest BCUT2D eigenvalue weighted by Gasteiger charge is -2.37. The van der Waals surface area contributed by atoms with Crippen LogP contribution in [0.2, 0.25) is 0 Å². The molecule has 0 aromatic rings. The molecule has 7 nitrogen and oxygen atoms in total. The van der Waals surface area contributed by atoms with Crippen LogP contribution in [0.5, 0.6) is 0 Å². The Morgan fingerprint density at radius 3 is 2.57 bits per heavy atom. The van der Waals surface area contributed by atoms with Gasteiger partial charge in [-0.1, -0.05) is 0 Å². The van der Waals surface area contributed by atoms with E-state index in [9.17, 15) is 13.2 Å². The molecule has 1 amide bonds. The van der Waals surface area contributed by atoms with Gasteiger partial charge >= 0.3 is 6.09 Å². The highest BCUT2D eigenvalue weighted by Gasteiger charge is 2.40. The van der Waals surface area contributed by atoms with E-state index in [0.29, 0.717) is 13.1 Å². The summed E-state index contributed by atoms with van der Waals surface area (Å²) in [5.74, 6) is 0.257. The van der Waals surface area contributed by atoms with Crippen LogP contribution in [0.25, 0.3) is 0 Å². The Balaban J connectivity index is 1.43. The third-order valence-corrected chi connectivity index (χ3v) is 5.77. The lowest BCUT2D eigenvalue weighted by Crippen LogP contribution is -2.48. The standard InChI is InChI=1S/C13H22N2O5S/c16-12(20-14-21(17,18)10-11-2-3-11)15-7-5-13(6-8-15)4-1-9-19-13/h11,14H,1-10H2. The summed E-state index contributed by atoms with van der Waals surface area (Å²) in [6.45, 7) is 1.89. The minimum atomic E-state index is -3.52. The number of carbonyl (C=O) groups is 1. The molecule has 1 saturated carbocycles. The van der Waals surface area contributed by atoms with Crippen molar-refractivity contribution < 1.29 is 22.8 Å². The maximum atomic E-state index is 11.9. The van der Waals surface area contributed by atoms with E-state index in [1.165, 1.54) is 4.90 Å². The number of hydrogen-bond acceptors (Lipinski definition) is 5. The molecule has 2 aliphatic heterocycles. The maximum Gasteiger partial charge on any atom is 0.429 e. The molecule has 8 heteroatoms. The number of rotatable bonds is 4. The lowest BCUT2D eigenvalue weighted by atomic mass is 9.89. The monoisotopic (exact) mass is 318 g/mol. The molecular weight excluding hydrogens is 296 g/mol. The molecule has 1 aliphatic carbocycles. The highest BCUT2D eigenvalue weighted by molar-refractivity contribution is 7.89. The Labute approximate surface area is 125 Å². The summed E-state index contributed by atoms with van der Waals surface area (Å²) >= 11 is 0. The fraction of sp³-hybridized carbons (Fsp3) is 0.923. The van der Waals surface area contributed by atoms with Gasteiger partial charge in [0.15, 0.2) is 0 Å². The molecule has 3 aliphatic rings. The smallest absolute Gasteiger partial charge is 0.375 e. The molecule has 0 atom stereocenters. The van der Waals surface area contributed by atoms with E-state index in [-0.39, 0.29) is 17.3 Å². The van der Waals surface area contributed by atoms with E-state index in [0.717, 1.165) is 45.1 Å². The third kappa shape index (κ3) is 3.87. The van der Waals surface area contributed by atoms with Crippen LogP contribution in [0, 0.1) is 5.92 Å². The number of piperidine rings is 1. The van der Waals surface area contributed by atoms with Crippen LogP contribution in [0.15, 0.2) is 0 Å². The van der Waals surface area contributed by atoms with Gasteiger partial charge in [0.1, 0.15) is 0 Å². The second-order valence-corrected chi connectivity index (χ2v) is 8.03. The summed E-state index contributed by atoms with van der Waals surface area (Å²) in [5.41, 5.74) is -0.0672. The number of ether oxygens (including phenoxy) is 1. The van der Waals surface area contributed by atoms with Crippen molar-refractivity contribution in [1.82, 2.24) is 9.79 Å². The topological polar surface area (TPSA) is 84.9 Å². The minimum Gasteiger partial charge on any atom is -0.375 e. The third-order valence-electron chi connectivity index (χ3n) is 4.53. The van der Waals surface area contributed by atoms with Crippen molar-refractivity contribution >= 4 is 16.1 Å². The summed E-state index contributed by atoms with van der Waals surface area (Å²) in [7, 11) is -3.52. The molecule has 1 N–H and O–H groups in total. The number of sulfonamides is 1. The molecular formula is C13H22N2O5S. The first-order valence-electron chi connectivity index (χ1n) is 7.57. The summed E-state index contributed by atoms with van der Waals surface area (Å²) in [4.78, 5) is 20.1. The van der Waals surface area contributed by atoms with Gasteiger partial charge in [-0.05, 0) is 49.3 Å². The fourth-order valence-electron chi connectivity index (χ4n) is 3.04. The summed E-state index contributed by atoms with van der Waals surface area (Å²) in [6, 6.07) is 0. The van der Waals surface area contributed by atoms with Crippen molar-refractivity contribution in [3.8, 4) is 0 Å². The first-order valence-corrected chi connectivity index (χ1v) is 9.23. The predicted molar refractivity (Wildman–Crippen MR) is 74.9 cm³/mol. The highest BCUT2D eigenvalue weighted by atomic mass is 32.2. The largest absolute Gasteiger partial charge is 0.429 e. The molecule has 2 saturated heterocycles. The quantitative estimate of drug-likeness (QED) is 0.782. The van der Waals surface area contributed by atoms with Crippen LogP contribution in [0.4, 0.5) is 4.79 Å². The normalized spacial score (nSPS) is 25.2. The average molecular weight is 318 g/mol. The number of carbonyl (C=O) groups excluding carboxylic acids is 1. The SMILES string of the molecule is O=C(ONS(=O)(=O)CC1CC1)N1CCC2(CCCO2)CC1. The molecule has 3 fully saturated rings. The van der Waals surface area contributed by atoms with Crippen LogP contribution < -0.4 is 4.89 Å². The summed E-state index contributed by atoms with van der Waals surface area (Å²) < 4.78 is 29.1. The Hall–Kier alpha value is -0.860. The predicted octanol–water partition coefficient (Wildman–Crippen LogP) is 1.01. The Kier molecular flexibility index (Phi) is 4.11. The van der Waals surface area contributed by atoms with Crippen molar-refractivity contribution in [2.75, 3.05) is 25.4 Å². The molecule has 0 unspecified atom stereocenters. The van der Waals surface area contributed by atoms with Crippen molar-refractivity contribution in [3.05, 3.63) is 0 Å². The minimum absolute atomic E-state index is 0.0389. The van der Waals surface area contributed by atoms with Gasteiger partial charge in [0, 0.05) is 19.7 Å². The molecule has 0 bridgehead atoms. The number of nitrogens with zero attached hydrogens (tertiary/aromatic N) is 1. The summed E-state index contributed by atoms with van der Waals surface area (Å²) in [6.07, 6.45) is 4.94. The van der Waals surface area contributed by atoms with Gasteiger partial charge in [0.05, 0.1) is 11.4 Å². The van der Waals surface area contributed by atoms with E-state index in [1.54, 1.807) is 0 Å². The van der Waals surface area contributed by atoms with Gasteiger partial charge in [-0.2, -0.15) is 0 Å². The van der Waals surface area contributed by atoms with Crippen LogP contribution in [0.3, 0.4) is 0 Å². The molecule has 21 heavy (non-hydrogen) atoms. The van der Waals surface area contributed by atoms with Gasteiger partial charge in [-0.15, -0.1) is 0 Å². The zero-order valence-electron chi connectivity index (χ0n) is 12.0. The average Bonchev–Trinajstić information content (AvgIpc) is 3.14. The zero-order chi connectivity index (χ0) is 14.9. The van der Waals surface area contributed by atoms with Crippen LogP contribution in [0.1, 0.15) is 38.5 Å². The maximum absolute atomic E-state index is 11.9. The molecule has 0 radical (unpaired) electrons. The Bertz CT molecular complexity index is 487. The van der Waals surface area contributed by atoms with Gasteiger partial charge in [-0.3, -0.25) is 0 Å².